The van der Waals surface area contributed by atoms with E-state index in [0.29, 0.717) is 11.3 Å². The third-order valence-electron chi connectivity index (χ3n) is 3.04. The van der Waals surface area contributed by atoms with Crippen LogP contribution in [0.5, 0.6) is 11.5 Å². The highest BCUT2D eigenvalue weighted by molar-refractivity contribution is 6.06. The van der Waals surface area contributed by atoms with Crippen LogP contribution in [0, 0.1) is 0 Å². The minimum atomic E-state index is -1.30. The van der Waals surface area contributed by atoms with Gasteiger partial charge in [0.1, 0.15) is 18.1 Å². The van der Waals surface area contributed by atoms with E-state index in [-0.39, 0.29) is 5.78 Å². The van der Waals surface area contributed by atoms with Gasteiger partial charge in [0, 0.05) is 5.56 Å². The molecule has 2 aromatic carbocycles. The van der Waals surface area contributed by atoms with Crippen LogP contribution >= 0.6 is 0 Å². The predicted octanol–water partition coefficient (Wildman–Crippen LogP) is 1.72. The van der Waals surface area contributed by atoms with E-state index in [9.17, 15) is 14.7 Å². The van der Waals surface area contributed by atoms with E-state index in [1.807, 2.05) is 24.3 Å². The molecule has 0 heterocycles. The van der Waals surface area contributed by atoms with Gasteiger partial charge < -0.3 is 19.4 Å². The lowest BCUT2D eigenvalue weighted by Gasteiger charge is -2.06. The number of allylic oxidation sites excluding steroid dienone is 1. The van der Waals surface area contributed by atoms with E-state index < -0.39 is 12.6 Å². The van der Waals surface area contributed by atoms with Crippen molar-refractivity contribution in [2.45, 2.75) is 0 Å². The zero-order chi connectivity index (χ0) is 16.7. The van der Waals surface area contributed by atoms with Gasteiger partial charge in [-0.1, -0.05) is 18.2 Å². The number of carboxylic acid groups (broad SMARTS) is 1. The number of carbonyl (C=O) groups excluding carboxylic acids is 2. The van der Waals surface area contributed by atoms with Crippen molar-refractivity contribution in [3.8, 4) is 11.5 Å². The highest BCUT2D eigenvalue weighted by atomic mass is 16.5. The van der Waals surface area contributed by atoms with Gasteiger partial charge in [0.15, 0.2) is 5.78 Å². The van der Waals surface area contributed by atoms with E-state index in [1.54, 1.807) is 25.3 Å². The minimum absolute atomic E-state index is 0.160. The second-order valence-electron chi connectivity index (χ2n) is 4.66. The Labute approximate surface area is 133 Å². The molecule has 0 spiro atoms. The Hall–Kier alpha value is -3.08. The van der Waals surface area contributed by atoms with Gasteiger partial charge in [0.05, 0.1) is 13.1 Å². The standard InChI is InChI=1S/C18H16O5/c1-22-15-7-2-13(3-8-15)4-11-17(19)14-5-9-16(10-6-14)23-12-18(20)21/h2-11H,12H2,1H3,(H,20,21)/p-1/b11-4+. The van der Waals surface area contributed by atoms with Crippen LogP contribution in [0.1, 0.15) is 15.9 Å². The summed E-state index contributed by atoms with van der Waals surface area (Å²) in [5.41, 5.74) is 1.36. The molecule has 0 aliphatic carbocycles. The zero-order valence-corrected chi connectivity index (χ0v) is 12.5. The Morgan fingerprint density at radius 3 is 2.17 bits per heavy atom. The summed E-state index contributed by atoms with van der Waals surface area (Å²) in [6.07, 6.45) is 3.18. The van der Waals surface area contributed by atoms with Crippen LogP contribution in [0.25, 0.3) is 6.08 Å². The molecule has 5 heteroatoms. The van der Waals surface area contributed by atoms with Crippen LogP contribution < -0.4 is 14.6 Å². The number of hydrogen-bond donors (Lipinski definition) is 0. The maximum absolute atomic E-state index is 12.1. The summed E-state index contributed by atoms with van der Waals surface area (Å²) in [7, 11) is 1.59. The Bertz CT molecular complexity index is 699. The first-order valence-electron chi connectivity index (χ1n) is 6.87. The van der Waals surface area contributed by atoms with Gasteiger partial charge in [-0.3, -0.25) is 4.79 Å². The fourth-order valence-electron chi connectivity index (χ4n) is 1.84. The number of aliphatic carboxylic acids is 1. The highest BCUT2D eigenvalue weighted by Gasteiger charge is 2.02. The monoisotopic (exact) mass is 311 g/mol. The number of carboxylic acids is 1. The van der Waals surface area contributed by atoms with E-state index in [0.717, 1.165) is 11.3 Å². The molecule has 0 atom stereocenters. The van der Waals surface area contributed by atoms with Gasteiger partial charge in [0.2, 0.25) is 0 Å². The van der Waals surface area contributed by atoms with E-state index in [4.69, 9.17) is 9.47 Å². The van der Waals surface area contributed by atoms with Crippen LogP contribution in [-0.4, -0.2) is 25.5 Å². The van der Waals surface area contributed by atoms with Crippen LogP contribution in [0.15, 0.2) is 54.6 Å². The van der Waals surface area contributed by atoms with Crippen molar-refractivity contribution in [2.75, 3.05) is 13.7 Å². The van der Waals surface area contributed by atoms with Crippen molar-refractivity contribution in [3.63, 3.8) is 0 Å². The van der Waals surface area contributed by atoms with Crippen molar-refractivity contribution in [2.24, 2.45) is 0 Å². The van der Waals surface area contributed by atoms with Crippen molar-refractivity contribution in [1.82, 2.24) is 0 Å². The first-order valence-corrected chi connectivity index (χ1v) is 6.87. The summed E-state index contributed by atoms with van der Waals surface area (Å²) in [4.78, 5) is 22.4. The summed E-state index contributed by atoms with van der Waals surface area (Å²) in [6.45, 7) is -0.523. The number of methoxy groups -OCH3 is 1. The predicted molar refractivity (Wildman–Crippen MR) is 83.3 cm³/mol. The van der Waals surface area contributed by atoms with E-state index >= 15 is 0 Å². The first-order chi connectivity index (χ1) is 11.1. The average molecular weight is 311 g/mol. The Morgan fingerprint density at radius 1 is 1.00 bits per heavy atom. The van der Waals surface area contributed by atoms with Crippen molar-refractivity contribution in [1.29, 1.82) is 0 Å². The molecular weight excluding hydrogens is 296 g/mol. The molecule has 0 fully saturated rings. The molecule has 0 aliphatic heterocycles. The van der Waals surface area contributed by atoms with Crippen molar-refractivity contribution < 1.29 is 24.2 Å². The van der Waals surface area contributed by atoms with Gasteiger partial charge in [-0.05, 0) is 48.0 Å². The van der Waals surface area contributed by atoms with E-state index in [1.165, 1.54) is 18.2 Å². The van der Waals surface area contributed by atoms with Crippen LogP contribution in [-0.2, 0) is 4.79 Å². The second-order valence-corrected chi connectivity index (χ2v) is 4.66. The first kappa shape index (κ1) is 16.3. The fourth-order valence-corrected chi connectivity index (χ4v) is 1.84. The number of rotatable bonds is 7. The molecule has 2 rings (SSSR count). The fraction of sp³-hybridized carbons (Fsp3) is 0.111. The number of ether oxygens (including phenoxy) is 2. The molecule has 0 unspecified atom stereocenters. The molecule has 23 heavy (non-hydrogen) atoms. The average Bonchev–Trinajstić information content (AvgIpc) is 2.58. The molecular formula is C18H15O5-. The lowest BCUT2D eigenvalue weighted by molar-refractivity contribution is -0.307. The maximum Gasteiger partial charge on any atom is 0.185 e. The zero-order valence-electron chi connectivity index (χ0n) is 12.5. The molecule has 0 bridgehead atoms. The molecule has 118 valence electrons. The smallest absolute Gasteiger partial charge is 0.185 e. The lowest BCUT2D eigenvalue weighted by Crippen LogP contribution is -2.28. The molecule has 0 amide bonds. The molecule has 0 saturated carbocycles. The van der Waals surface area contributed by atoms with Crippen LogP contribution in [0.3, 0.4) is 0 Å². The summed E-state index contributed by atoms with van der Waals surface area (Å²) in [5, 5.41) is 10.3. The molecule has 2 aromatic rings. The van der Waals surface area contributed by atoms with Crippen molar-refractivity contribution in [3.05, 3.63) is 65.7 Å². The largest absolute Gasteiger partial charge is 0.546 e. The van der Waals surface area contributed by atoms with Crippen molar-refractivity contribution >= 4 is 17.8 Å². The third-order valence-corrected chi connectivity index (χ3v) is 3.04. The lowest BCUT2D eigenvalue weighted by atomic mass is 10.1. The van der Waals surface area contributed by atoms with E-state index in [2.05, 4.69) is 0 Å². The van der Waals surface area contributed by atoms with Gasteiger partial charge in [-0.15, -0.1) is 0 Å². The SMILES string of the molecule is COc1ccc(/C=C/C(=O)c2ccc(OCC(=O)[O-])cc2)cc1. The van der Waals surface area contributed by atoms with Gasteiger partial charge in [-0.25, -0.2) is 0 Å². The topological polar surface area (TPSA) is 75.7 Å². The molecule has 0 aliphatic rings. The van der Waals surface area contributed by atoms with Gasteiger partial charge in [-0.2, -0.15) is 0 Å². The molecule has 5 nitrogen and oxygen atoms in total. The summed E-state index contributed by atoms with van der Waals surface area (Å²) < 4.78 is 10.0. The minimum Gasteiger partial charge on any atom is -0.546 e. The summed E-state index contributed by atoms with van der Waals surface area (Å²) >= 11 is 0. The normalized spacial score (nSPS) is 10.5. The van der Waals surface area contributed by atoms with Crippen LogP contribution in [0.2, 0.25) is 0 Å². The van der Waals surface area contributed by atoms with Gasteiger partial charge in [0.25, 0.3) is 0 Å². The molecule has 0 radical (unpaired) electrons. The second kappa shape index (κ2) is 7.79. The number of benzene rings is 2. The quantitative estimate of drug-likeness (QED) is 0.575. The number of carbonyl (C=O) groups is 2. The number of ketones is 1. The van der Waals surface area contributed by atoms with Crippen LogP contribution in [0.4, 0.5) is 0 Å². The number of hydrogen-bond acceptors (Lipinski definition) is 5. The Morgan fingerprint density at radius 2 is 1.61 bits per heavy atom. The maximum atomic E-state index is 12.1. The molecule has 0 aromatic heterocycles. The summed E-state index contributed by atoms with van der Waals surface area (Å²) in [6, 6.07) is 13.5. The Kier molecular flexibility index (Phi) is 5.52. The molecule has 0 N–H and O–H groups in total. The molecule has 0 saturated heterocycles. The van der Waals surface area contributed by atoms with Gasteiger partial charge >= 0.3 is 0 Å². The highest BCUT2D eigenvalue weighted by Crippen LogP contribution is 2.15. The third kappa shape index (κ3) is 5.00. The Balaban J connectivity index is 1.99. The summed E-state index contributed by atoms with van der Waals surface area (Å²) in [5.74, 6) is -0.342.